The molecule has 7 heteroatoms. The Kier molecular flexibility index (Phi) is 4.24. The summed E-state index contributed by atoms with van der Waals surface area (Å²) >= 11 is 0. The fraction of sp³-hybridized carbons (Fsp3) is 0.250. The molecule has 1 atom stereocenters. The molecule has 0 aliphatic carbocycles. The highest BCUT2D eigenvalue weighted by molar-refractivity contribution is 7.13. The van der Waals surface area contributed by atoms with Gasteiger partial charge in [0.25, 0.3) is 5.69 Å². The molecule has 1 aliphatic rings. The number of nitro benzene ring substituents is 1. The minimum atomic E-state index is -0.406. The van der Waals surface area contributed by atoms with Crippen LogP contribution in [-0.2, 0) is 6.54 Å². The number of aliphatic imine (C=N–C) groups is 1. The fourth-order valence-electron chi connectivity index (χ4n) is 1.85. The third kappa shape index (κ3) is 3.59. The fourth-order valence-corrected chi connectivity index (χ4v) is 2.24. The summed E-state index contributed by atoms with van der Waals surface area (Å²) in [6, 6.07) is 6.48. The third-order valence-electron chi connectivity index (χ3n) is 2.80. The van der Waals surface area contributed by atoms with E-state index in [0.717, 1.165) is 29.9 Å². The Bertz CT molecular complexity index is 556. The van der Waals surface area contributed by atoms with Crippen LogP contribution in [0.5, 0.6) is 0 Å². The van der Waals surface area contributed by atoms with Gasteiger partial charge in [-0.25, -0.2) is 0 Å². The molecule has 0 spiro atoms. The SMILES string of the molecule is NC1=C(C=NCc2cccc([N+](=O)[O-])c2)CN(P)C1. The number of hydrogen-bond donors (Lipinski definition) is 1. The minimum absolute atomic E-state index is 0.0865. The molecule has 0 fully saturated rings. The van der Waals surface area contributed by atoms with E-state index in [0.29, 0.717) is 6.54 Å². The maximum absolute atomic E-state index is 10.7. The average Bonchev–Trinajstić information content (AvgIpc) is 2.68. The zero-order valence-corrected chi connectivity index (χ0v) is 11.5. The van der Waals surface area contributed by atoms with E-state index in [9.17, 15) is 10.1 Å². The second kappa shape index (κ2) is 5.91. The predicted molar refractivity (Wildman–Crippen MR) is 77.8 cm³/mol. The van der Waals surface area contributed by atoms with E-state index in [1.54, 1.807) is 12.3 Å². The zero-order valence-electron chi connectivity index (χ0n) is 10.3. The molecule has 0 saturated heterocycles. The number of non-ortho nitro benzene ring substituents is 1. The van der Waals surface area contributed by atoms with Crippen molar-refractivity contribution in [1.82, 2.24) is 4.67 Å². The van der Waals surface area contributed by atoms with Crippen LogP contribution in [0, 0.1) is 10.1 Å². The second-order valence-corrected chi connectivity index (χ2v) is 5.08. The average molecular weight is 278 g/mol. The molecular formula is C12H15N4O2P. The molecule has 1 aromatic carbocycles. The lowest BCUT2D eigenvalue weighted by Gasteiger charge is -2.03. The first-order valence-corrected chi connectivity index (χ1v) is 6.28. The van der Waals surface area contributed by atoms with Gasteiger partial charge in [-0.3, -0.25) is 19.8 Å². The Balaban J connectivity index is 2.01. The van der Waals surface area contributed by atoms with Gasteiger partial charge in [0.2, 0.25) is 0 Å². The Morgan fingerprint density at radius 2 is 2.32 bits per heavy atom. The number of nitrogens with zero attached hydrogens (tertiary/aromatic N) is 3. The summed E-state index contributed by atoms with van der Waals surface area (Å²) < 4.78 is 2.02. The lowest BCUT2D eigenvalue weighted by atomic mass is 10.2. The Hall–Kier alpha value is -1.78. The lowest BCUT2D eigenvalue weighted by molar-refractivity contribution is -0.384. The van der Waals surface area contributed by atoms with E-state index in [-0.39, 0.29) is 5.69 Å². The first kappa shape index (κ1) is 13.6. The molecule has 100 valence electrons. The van der Waals surface area contributed by atoms with Crippen LogP contribution < -0.4 is 5.73 Å². The normalized spacial score (nSPS) is 16.5. The van der Waals surface area contributed by atoms with Crippen molar-refractivity contribution in [3.05, 3.63) is 51.2 Å². The molecule has 19 heavy (non-hydrogen) atoms. The van der Waals surface area contributed by atoms with Crippen molar-refractivity contribution < 1.29 is 4.92 Å². The monoisotopic (exact) mass is 278 g/mol. The van der Waals surface area contributed by atoms with Gasteiger partial charge >= 0.3 is 0 Å². The Morgan fingerprint density at radius 3 is 2.95 bits per heavy atom. The molecule has 1 aromatic rings. The Labute approximate surface area is 113 Å². The van der Waals surface area contributed by atoms with Crippen LogP contribution in [0.15, 0.2) is 40.5 Å². The summed E-state index contributed by atoms with van der Waals surface area (Å²) in [5.41, 5.74) is 8.57. The maximum Gasteiger partial charge on any atom is 0.269 e. The summed E-state index contributed by atoms with van der Waals surface area (Å²) in [5, 5.41) is 10.7. The van der Waals surface area contributed by atoms with Gasteiger partial charge < -0.3 is 5.73 Å². The molecule has 0 amide bonds. The third-order valence-corrected chi connectivity index (χ3v) is 3.17. The molecule has 1 heterocycles. The van der Waals surface area contributed by atoms with E-state index >= 15 is 0 Å². The van der Waals surface area contributed by atoms with Crippen LogP contribution in [0.1, 0.15) is 5.56 Å². The van der Waals surface area contributed by atoms with E-state index in [2.05, 4.69) is 14.4 Å². The molecule has 1 aliphatic heterocycles. The highest BCUT2D eigenvalue weighted by Gasteiger charge is 2.14. The molecule has 6 nitrogen and oxygen atoms in total. The molecule has 2 N–H and O–H groups in total. The van der Waals surface area contributed by atoms with Gasteiger partial charge in [-0.1, -0.05) is 21.5 Å². The van der Waals surface area contributed by atoms with Crippen molar-refractivity contribution in [3.63, 3.8) is 0 Å². The van der Waals surface area contributed by atoms with E-state index in [1.807, 2.05) is 10.7 Å². The van der Waals surface area contributed by atoms with E-state index in [4.69, 9.17) is 5.73 Å². The van der Waals surface area contributed by atoms with Crippen molar-refractivity contribution >= 4 is 21.3 Å². The number of benzene rings is 1. The van der Waals surface area contributed by atoms with E-state index < -0.39 is 4.92 Å². The van der Waals surface area contributed by atoms with Crippen molar-refractivity contribution in [1.29, 1.82) is 0 Å². The van der Waals surface area contributed by atoms with Gasteiger partial charge in [0, 0.05) is 42.7 Å². The van der Waals surface area contributed by atoms with Gasteiger partial charge in [-0.05, 0) is 5.56 Å². The first-order valence-electron chi connectivity index (χ1n) is 5.76. The zero-order chi connectivity index (χ0) is 13.8. The largest absolute Gasteiger partial charge is 0.401 e. The highest BCUT2D eigenvalue weighted by atomic mass is 31.0. The van der Waals surface area contributed by atoms with Gasteiger partial charge in [0.1, 0.15) is 0 Å². The van der Waals surface area contributed by atoms with Crippen LogP contribution in [0.25, 0.3) is 0 Å². The number of hydrogen-bond acceptors (Lipinski definition) is 5. The summed E-state index contributed by atoms with van der Waals surface area (Å²) in [6.07, 6.45) is 1.75. The van der Waals surface area contributed by atoms with Crippen LogP contribution in [0.3, 0.4) is 0 Å². The van der Waals surface area contributed by atoms with Crippen LogP contribution >= 0.6 is 9.39 Å². The van der Waals surface area contributed by atoms with Crippen LogP contribution in [0.4, 0.5) is 5.69 Å². The summed E-state index contributed by atoms with van der Waals surface area (Å²) in [5.74, 6) is 0. The second-order valence-electron chi connectivity index (χ2n) is 4.35. The van der Waals surface area contributed by atoms with Gasteiger partial charge in [0.15, 0.2) is 0 Å². The van der Waals surface area contributed by atoms with Crippen molar-refractivity contribution in [3.8, 4) is 0 Å². The maximum atomic E-state index is 10.7. The lowest BCUT2D eigenvalue weighted by Crippen LogP contribution is -2.09. The van der Waals surface area contributed by atoms with Gasteiger partial charge in [0.05, 0.1) is 11.5 Å². The van der Waals surface area contributed by atoms with Crippen molar-refractivity contribution in [2.45, 2.75) is 6.54 Å². The molecule has 0 radical (unpaired) electrons. The minimum Gasteiger partial charge on any atom is -0.401 e. The van der Waals surface area contributed by atoms with E-state index in [1.165, 1.54) is 12.1 Å². The number of rotatable bonds is 4. The highest BCUT2D eigenvalue weighted by Crippen LogP contribution is 2.16. The summed E-state index contributed by atoms with van der Waals surface area (Å²) in [7, 11) is 2.60. The Morgan fingerprint density at radius 1 is 1.53 bits per heavy atom. The number of nitrogens with two attached hydrogens (primary N) is 1. The number of nitro groups is 1. The topological polar surface area (TPSA) is 84.8 Å². The molecular weight excluding hydrogens is 263 g/mol. The first-order chi connectivity index (χ1) is 9.06. The van der Waals surface area contributed by atoms with Crippen molar-refractivity contribution in [2.24, 2.45) is 10.7 Å². The summed E-state index contributed by atoms with van der Waals surface area (Å²) in [4.78, 5) is 14.5. The molecule has 0 bridgehead atoms. The van der Waals surface area contributed by atoms with Crippen LogP contribution in [0.2, 0.25) is 0 Å². The molecule has 0 aromatic heterocycles. The van der Waals surface area contributed by atoms with Crippen LogP contribution in [-0.4, -0.2) is 28.9 Å². The smallest absolute Gasteiger partial charge is 0.269 e. The van der Waals surface area contributed by atoms with Crippen molar-refractivity contribution in [2.75, 3.05) is 13.1 Å². The summed E-state index contributed by atoms with van der Waals surface area (Å²) in [6.45, 7) is 1.90. The predicted octanol–water partition coefficient (Wildman–Crippen LogP) is 1.48. The standard InChI is InChI=1S/C12H15N4O2P/c13-12-8-15(19)7-10(12)6-14-5-9-2-1-3-11(4-9)16(17)18/h1-4,6H,5,7-8,13,19H2. The van der Waals surface area contributed by atoms with Gasteiger partial charge in [-0.15, -0.1) is 0 Å². The molecule has 1 unspecified atom stereocenters. The quantitative estimate of drug-likeness (QED) is 0.391. The molecule has 0 saturated carbocycles. The molecule has 2 rings (SSSR count). The van der Waals surface area contributed by atoms with Gasteiger partial charge in [-0.2, -0.15) is 0 Å².